The lowest BCUT2D eigenvalue weighted by molar-refractivity contribution is -0.192. The van der Waals surface area contributed by atoms with E-state index in [1.54, 1.807) is 18.2 Å². The molecule has 0 aliphatic carbocycles. The van der Waals surface area contributed by atoms with Gasteiger partial charge in [0.2, 0.25) is 17.6 Å². The highest BCUT2D eigenvalue weighted by molar-refractivity contribution is 6.36. The summed E-state index contributed by atoms with van der Waals surface area (Å²) in [6.45, 7) is 3.56. The van der Waals surface area contributed by atoms with Gasteiger partial charge in [-0.2, -0.15) is 18.2 Å². The van der Waals surface area contributed by atoms with Crippen molar-refractivity contribution in [3.8, 4) is 11.4 Å². The summed E-state index contributed by atoms with van der Waals surface area (Å²) in [6.07, 6.45) is -1.49. The molecule has 1 saturated heterocycles. The molecule has 1 aromatic heterocycles. The minimum atomic E-state index is -5.08. The average molecular weight is 511 g/mol. The van der Waals surface area contributed by atoms with Crippen molar-refractivity contribution in [2.24, 2.45) is 5.73 Å². The van der Waals surface area contributed by atoms with E-state index in [0.717, 1.165) is 32.4 Å². The quantitative estimate of drug-likeness (QED) is 0.585. The zero-order valence-corrected chi connectivity index (χ0v) is 19.1. The van der Waals surface area contributed by atoms with Gasteiger partial charge in [-0.15, -0.1) is 0 Å². The molecule has 0 unspecified atom stereocenters. The van der Waals surface area contributed by atoms with Crippen molar-refractivity contribution >= 4 is 35.1 Å². The third-order valence-electron chi connectivity index (χ3n) is 4.91. The van der Waals surface area contributed by atoms with Crippen LogP contribution in [0.1, 0.15) is 44.4 Å². The molecule has 1 aliphatic rings. The molecule has 3 N–H and O–H groups in total. The van der Waals surface area contributed by atoms with Gasteiger partial charge in [-0.05, 0) is 37.5 Å². The summed E-state index contributed by atoms with van der Waals surface area (Å²) in [5.41, 5.74) is 6.92. The first-order valence-electron chi connectivity index (χ1n) is 10.1. The number of halogens is 5. The first-order valence-corrected chi connectivity index (χ1v) is 10.8. The fourth-order valence-corrected chi connectivity index (χ4v) is 3.75. The summed E-state index contributed by atoms with van der Waals surface area (Å²) in [5, 5.41) is 12.1. The molecule has 1 fully saturated rings. The third-order valence-corrected chi connectivity index (χ3v) is 5.46. The Morgan fingerprint density at radius 1 is 1.27 bits per heavy atom. The second-order valence-corrected chi connectivity index (χ2v) is 8.18. The smallest absolute Gasteiger partial charge is 0.475 e. The maximum atomic E-state index is 12.7. The zero-order valence-electron chi connectivity index (χ0n) is 17.6. The summed E-state index contributed by atoms with van der Waals surface area (Å²) < 4.78 is 37.2. The van der Waals surface area contributed by atoms with Gasteiger partial charge in [-0.3, -0.25) is 4.79 Å². The van der Waals surface area contributed by atoms with Crippen molar-refractivity contribution in [2.75, 3.05) is 13.1 Å². The SMILES string of the molecule is CCC[C@H](c1nc(-c2ccc(Cl)cc2Cl)no1)[C@H](N)C(=O)N1CCCC1.O=C(O)C(F)(F)F. The topological polar surface area (TPSA) is 123 Å². The van der Waals surface area contributed by atoms with E-state index >= 15 is 0 Å². The molecule has 0 saturated carbocycles. The highest BCUT2D eigenvalue weighted by Gasteiger charge is 2.38. The monoisotopic (exact) mass is 510 g/mol. The Balaban J connectivity index is 0.000000479. The highest BCUT2D eigenvalue weighted by Crippen LogP contribution is 2.31. The van der Waals surface area contributed by atoms with Gasteiger partial charge < -0.3 is 20.3 Å². The summed E-state index contributed by atoms with van der Waals surface area (Å²) in [6, 6.07) is 4.39. The number of nitrogens with zero attached hydrogens (tertiary/aromatic N) is 3. The predicted molar refractivity (Wildman–Crippen MR) is 115 cm³/mol. The summed E-state index contributed by atoms with van der Waals surface area (Å²) in [4.78, 5) is 27.9. The molecule has 0 bridgehead atoms. The second kappa shape index (κ2) is 11.7. The fraction of sp³-hybridized carbons (Fsp3) is 0.500. The number of carbonyl (C=O) groups excluding carboxylic acids is 1. The Kier molecular flexibility index (Phi) is 9.50. The number of likely N-dealkylation sites (tertiary alicyclic amines) is 1. The Morgan fingerprint density at radius 3 is 2.39 bits per heavy atom. The van der Waals surface area contributed by atoms with E-state index in [2.05, 4.69) is 10.1 Å². The number of hydrogen-bond donors (Lipinski definition) is 2. The first-order chi connectivity index (χ1) is 15.5. The molecule has 1 aliphatic heterocycles. The van der Waals surface area contributed by atoms with Gasteiger partial charge >= 0.3 is 12.1 Å². The van der Waals surface area contributed by atoms with Crippen LogP contribution in [0.4, 0.5) is 13.2 Å². The molecule has 33 heavy (non-hydrogen) atoms. The largest absolute Gasteiger partial charge is 0.490 e. The van der Waals surface area contributed by atoms with E-state index in [9.17, 15) is 18.0 Å². The lowest BCUT2D eigenvalue weighted by Gasteiger charge is -2.24. The Hall–Kier alpha value is -2.37. The van der Waals surface area contributed by atoms with Gasteiger partial charge in [0.1, 0.15) is 0 Å². The number of amides is 1. The van der Waals surface area contributed by atoms with Crippen LogP contribution >= 0.6 is 23.2 Å². The summed E-state index contributed by atoms with van der Waals surface area (Å²) >= 11 is 12.2. The molecule has 2 heterocycles. The number of alkyl halides is 3. The van der Waals surface area contributed by atoms with Crippen molar-refractivity contribution in [2.45, 2.75) is 50.7 Å². The maximum Gasteiger partial charge on any atom is 0.490 e. The van der Waals surface area contributed by atoms with Crippen LogP contribution in [0.3, 0.4) is 0 Å². The Morgan fingerprint density at radius 2 is 1.88 bits per heavy atom. The van der Waals surface area contributed by atoms with Gasteiger partial charge in [0.15, 0.2) is 0 Å². The normalized spacial score (nSPS) is 15.5. The van der Waals surface area contributed by atoms with Crippen molar-refractivity contribution in [3.63, 3.8) is 0 Å². The van der Waals surface area contributed by atoms with Crippen LogP contribution in [0.25, 0.3) is 11.4 Å². The number of carbonyl (C=O) groups is 2. The highest BCUT2D eigenvalue weighted by atomic mass is 35.5. The van der Waals surface area contributed by atoms with E-state index in [0.29, 0.717) is 33.7 Å². The molecular formula is C20H23Cl2F3N4O4. The molecule has 182 valence electrons. The van der Waals surface area contributed by atoms with Crippen LogP contribution in [-0.2, 0) is 9.59 Å². The fourth-order valence-electron chi connectivity index (χ4n) is 3.25. The molecule has 8 nitrogen and oxygen atoms in total. The summed E-state index contributed by atoms with van der Waals surface area (Å²) in [7, 11) is 0. The van der Waals surface area contributed by atoms with Crippen molar-refractivity contribution in [1.29, 1.82) is 0 Å². The minimum absolute atomic E-state index is 0.0507. The predicted octanol–water partition coefficient (Wildman–Crippen LogP) is 4.51. The molecular weight excluding hydrogens is 488 g/mol. The molecule has 3 rings (SSSR count). The number of hydrogen-bond acceptors (Lipinski definition) is 6. The van der Waals surface area contributed by atoms with Crippen LogP contribution < -0.4 is 5.73 Å². The van der Waals surface area contributed by atoms with E-state index in [4.69, 9.17) is 43.4 Å². The number of aliphatic carboxylic acids is 1. The Labute approximate surface area is 197 Å². The lowest BCUT2D eigenvalue weighted by Crippen LogP contribution is -2.46. The van der Waals surface area contributed by atoms with Gasteiger partial charge in [0.05, 0.1) is 17.0 Å². The number of benzene rings is 1. The first kappa shape index (κ1) is 26.9. The van der Waals surface area contributed by atoms with Crippen molar-refractivity contribution in [3.05, 3.63) is 34.1 Å². The van der Waals surface area contributed by atoms with Gasteiger partial charge in [-0.1, -0.05) is 41.7 Å². The van der Waals surface area contributed by atoms with Crippen LogP contribution in [0.5, 0.6) is 0 Å². The molecule has 0 spiro atoms. The second-order valence-electron chi connectivity index (χ2n) is 7.34. The number of aromatic nitrogens is 2. The van der Waals surface area contributed by atoms with E-state index in [1.165, 1.54) is 0 Å². The Bertz CT molecular complexity index is 965. The zero-order chi connectivity index (χ0) is 24.8. The minimum Gasteiger partial charge on any atom is -0.475 e. The van der Waals surface area contributed by atoms with E-state index in [-0.39, 0.29) is 11.8 Å². The van der Waals surface area contributed by atoms with E-state index < -0.39 is 18.2 Å². The van der Waals surface area contributed by atoms with Crippen LogP contribution in [0.2, 0.25) is 10.0 Å². The third kappa shape index (κ3) is 7.31. The number of carboxylic acids is 1. The molecule has 1 aromatic carbocycles. The lowest BCUT2D eigenvalue weighted by atomic mass is 9.94. The van der Waals surface area contributed by atoms with Crippen LogP contribution in [0, 0.1) is 0 Å². The number of nitrogens with two attached hydrogens (primary N) is 1. The molecule has 1 amide bonds. The standard InChI is InChI=1S/C18H22Cl2N4O2.C2HF3O2/c1-2-5-13(15(21)18(25)24-8-3-4-9-24)17-22-16(23-26-17)12-7-6-11(19)10-14(12)20;3-2(4,5)1(6)7/h6-7,10,13,15H,2-5,8-9,21H2,1H3;(H,6,7)/t13-,15-;/m0./s1. The maximum absolute atomic E-state index is 12.7. The van der Waals surface area contributed by atoms with E-state index in [1.807, 2.05) is 11.8 Å². The number of rotatable bonds is 6. The van der Waals surface area contributed by atoms with Gasteiger partial charge in [-0.25, -0.2) is 4.79 Å². The van der Waals surface area contributed by atoms with Gasteiger partial charge in [0.25, 0.3) is 0 Å². The number of carboxylic acid groups (broad SMARTS) is 1. The van der Waals surface area contributed by atoms with Crippen LogP contribution in [-0.4, -0.2) is 57.3 Å². The van der Waals surface area contributed by atoms with Crippen molar-refractivity contribution in [1.82, 2.24) is 15.0 Å². The van der Waals surface area contributed by atoms with Crippen molar-refractivity contribution < 1.29 is 32.4 Å². The molecule has 2 aromatic rings. The average Bonchev–Trinajstić information content (AvgIpc) is 3.43. The molecule has 13 heteroatoms. The summed E-state index contributed by atoms with van der Waals surface area (Å²) in [5.74, 6) is -2.39. The van der Waals surface area contributed by atoms with Crippen LogP contribution in [0.15, 0.2) is 22.7 Å². The molecule has 0 radical (unpaired) electrons. The molecule has 2 atom stereocenters. The van der Waals surface area contributed by atoms with Gasteiger partial charge in [0, 0.05) is 23.7 Å².